The SMILES string of the molecule is CN(CC1CCCCC1)c1ccncc1CNC1CC1. The minimum atomic E-state index is 0.756. The van der Waals surface area contributed by atoms with Gasteiger partial charge in [-0.25, -0.2) is 0 Å². The van der Waals surface area contributed by atoms with Crippen molar-refractivity contribution >= 4 is 5.69 Å². The molecule has 1 aromatic rings. The summed E-state index contributed by atoms with van der Waals surface area (Å²) in [6, 6.07) is 2.93. The highest BCUT2D eigenvalue weighted by Gasteiger charge is 2.21. The van der Waals surface area contributed by atoms with E-state index in [2.05, 4.69) is 28.3 Å². The summed E-state index contributed by atoms with van der Waals surface area (Å²) >= 11 is 0. The van der Waals surface area contributed by atoms with Crippen LogP contribution in [0.4, 0.5) is 5.69 Å². The van der Waals surface area contributed by atoms with Crippen LogP contribution in [0.25, 0.3) is 0 Å². The third-order valence-electron chi connectivity index (χ3n) is 4.70. The van der Waals surface area contributed by atoms with Crippen LogP contribution in [0.2, 0.25) is 0 Å². The molecule has 0 saturated heterocycles. The standard InChI is InChI=1S/C17H27N3/c1-20(13-14-5-3-2-4-6-14)17-9-10-18-11-15(17)12-19-16-7-8-16/h9-11,14,16,19H,2-8,12-13H2,1H3. The molecule has 2 aliphatic rings. The molecule has 3 rings (SSSR count). The number of hydrogen-bond acceptors (Lipinski definition) is 3. The Bertz CT molecular complexity index is 422. The maximum atomic E-state index is 4.31. The van der Waals surface area contributed by atoms with Gasteiger partial charge in [0, 0.05) is 49.8 Å². The fourth-order valence-electron chi connectivity index (χ4n) is 3.33. The Morgan fingerprint density at radius 2 is 2.00 bits per heavy atom. The van der Waals surface area contributed by atoms with Gasteiger partial charge in [-0.05, 0) is 37.7 Å². The summed E-state index contributed by atoms with van der Waals surface area (Å²) in [5, 5.41) is 3.61. The van der Waals surface area contributed by atoms with Crippen LogP contribution in [0.1, 0.15) is 50.5 Å². The van der Waals surface area contributed by atoms with Gasteiger partial charge in [0.1, 0.15) is 0 Å². The number of nitrogens with one attached hydrogen (secondary N) is 1. The number of aromatic nitrogens is 1. The van der Waals surface area contributed by atoms with E-state index in [-0.39, 0.29) is 0 Å². The average molecular weight is 273 g/mol. The summed E-state index contributed by atoms with van der Waals surface area (Å²) in [5.74, 6) is 0.881. The molecule has 2 aliphatic carbocycles. The van der Waals surface area contributed by atoms with Gasteiger partial charge >= 0.3 is 0 Å². The first kappa shape index (κ1) is 13.9. The van der Waals surface area contributed by atoms with E-state index in [1.165, 1.54) is 62.7 Å². The van der Waals surface area contributed by atoms with Crippen molar-refractivity contribution < 1.29 is 0 Å². The molecule has 0 atom stereocenters. The molecule has 3 nitrogen and oxygen atoms in total. The fraction of sp³-hybridized carbons (Fsp3) is 0.706. The summed E-state index contributed by atoms with van der Waals surface area (Å²) in [4.78, 5) is 6.75. The van der Waals surface area contributed by atoms with Crippen molar-refractivity contribution in [3.05, 3.63) is 24.0 Å². The van der Waals surface area contributed by atoms with Crippen LogP contribution in [-0.2, 0) is 6.54 Å². The molecule has 0 aromatic carbocycles. The fourth-order valence-corrected chi connectivity index (χ4v) is 3.33. The molecule has 0 amide bonds. The zero-order valence-corrected chi connectivity index (χ0v) is 12.6. The number of hydrogen-bond donors (Lipinski definition) is 1. The summed E-state index contributed by atoms with van der Waals surface area (Å²) in [6.07, 6.45) is 13.7. The quantitative estimate of drug-likeness (QED) is 0.861. The number of anilines is 1. The largest absolute Gasteiger partial charge is 0.374 e. The molecule has 2 fully saturated rings. The third kappa shape index (κ3) is 3.72. The predicted octanol–water partition coefficient (Wildman–Crippen LogP) is 3.35. The molecule has 20 heavy (non-hydrogen) atoms. The van der Waals surface area contributed by atoms with E-state index >= 15 is 0 Å². The Labute approximate surface area is 122 Å². The van der Waals surface area contributed by atoms with Crippen LogP contribution >= 0.6 is 0 Å². The van der Waals surface area contributed by atoms with Crippen molar-refractivity contribution in [3.63, 3.8) is 0 Å². The highest BCUT2D eigenvalue weighted by Crippen LogP contribution is 2.27. The average Bonchev–Trinajstić information content (AvgIpc) is 3.31. The van der Waals surface area contributed by atoms with Crippen molar-refractivity contribution in [1.29, 1.82) is 0 Å². The molecule has 1 aromatic heterocycles. The summed E-state index contributed by atoms with van der Waals surface area (Å²) in [5.41, 5.74) is 2.71. The van der Waals surface area contributed by atoms with Gasteiger partial charge in [-0.1, -0.05) is 19.3 Å². The molecule has 0 bridgehead atoms. The topological polar surface area (TPSA) is 28.2 Å². The first-order chi connectivity index (χ1) is 9.83. The minimum absolute atomic E-state index is 0.756. The molecule has 1 heterocycles. The van der Waals surface area contributed by atoms with Gasteiger partial charge < -0.3 is 10.2 Å². The zero-order chi connectivity index (χ0) is 13.8. The van der Waals surface area contributed by atoms with Crippen molar-refractivity contribution in [2.24, 2.45) is 5.92 Å². The normalized spacial score (nSPS) is 20.1. The van der Waals surface area contributed by atoms with E-state index in [1.54, 1.807) is 0 Å². The van der Waals surface area contributed by atoms with Gasteiger partial charge in [0.2, 0.25) is 0 Å². The lowest BCUT2D eigenvalue weighted by Gasteiger charge is -2.29. The lowest BCUT2D eigenvalue weighted by atomic mass is 9.89. The summed E-state index contributed by atoms with van der Waals surface area (Å²) in [6.45, 7) is 2.16. The van der Waals surface area contributed by atoms with Crippen LogP contribution in [0.5, 0.6) is 0 Å². The summed E-state index contributed by atoms with van der Waals surface area (Å²) in [7, 11) is 2.24. The molecule has 0 radical (unpaired) electrons. The van der Waals surface area contributed by atoms with Crippen LogP contribution in [-0.4, -0.2) is 24.6 Å². The van der Waals surface area contributed by atoms with Crippen molar-refractivity contribution in [2.75, 3.05) is 18.5 Å². The smallest absolute Gasteiger partial charge is 0.0440 e. The molecule has 0 aliphatic heterocycles. The molecule has 2 saturated carbocycles. The monoisotopic (exact) mass is 273 g/mol. The van der Waals surface area contributed by atoms with E-state index < -0.39 is 0 Å². The first-order valence-electron chi connectivity index (χ1n) is 8.20. The Kier molecular flexibility index (Phi) is 4.56. The Morgan fingerprint density at radius 3 is 2.75 bits per heavy atom. The minimum Gasteiger partial charge on any atom is -0.374 e. The molecular weight excluding hydrogens is 246 g/mol. The number of rotatable bonds is 6. The Balaban J connectivity index is 1.61. The van der Waals surface area contributed by atoms with Gasteiger partial charge in [0.05, 0.1) is 0 Å². The van der Waals surface area contributed by atoms with E-state index in [4.69, 9.17) is 0 Å². The zero-order valence-electron chi connectivity index (χ0n) is 12.6. The summed E-state index contributed by atoms with van der Waals surface area (Å²) < 4.78 is 0. The lowest BCUT2D eigenvalue weighted by Crippen LogP contribution is -2.28. The second-order valence-corrected chi connectivity index (χ2v) is 6.54. The van der Waals surface area contributed by atoms with Crippen LogP contribution in [0.3, 0.4) is 0 Å². The first-order valence-corrected chi connectivity index (χ1v) is 8.20. The van der Waals surface area contributed by atoms with Crippen LogP contribution < -0.4 is 10.2 Å². The van der Waals surface area contributed by atoms with Gasteiger partial charge in [0.25, 0.3) is 0 Å². The van der Waals surface area contributed by atoms with Gasteiger partial charge in [-0.15, -0.1) is 0 Å². The Hall–Kier alpha value is -1.09. The second kappa shape index (κ2) is 6.57. The molecular formula is C17H27N3. The van der Waals surface area contributed by atoms with Crippen molar-refractivity contribution in [3.8, 4) is 0 Å². The highest BCUT2D eigenvalue weighted by molar-refractivity contribution is 5.51. The number of nitrogens with zero attached hydrogens (tertiary/aromatic N) is 2. The number of pyridine rings is 1. The van der Waals surface area contributed by atoms with E-state index in [0.29, 0.717) is 0 Å². The van der Waals surface area contributed by atoms with Gasteiger partial charge in [-0.3, -0.25) is 4.98 Å². The van der Waals surface area contributed by atoms with Gasteiger partial charge in [-0.2, -0.15) is 0 Å². The highest BCUT2D eigenvalue weighted by atomic mass is 15.1. The van der Waals surface area contributed by atoms with E-state index in [1.807, 2.05) is 12.4 Å². The van der Waals surface area contributed by atoms with Crippen molar-refractivity contribution in [2.45, 2.75) is 57.5 Å². The van der Waals surface area contributed by atoms with Crippen molar-refractivity contribution in [1.82, 2.24) is 10.3 Å². The van der Waals surface area contributed by atoms with E-state index in [0.717, 1.165) is 18.5 Å². The molecule has 1 N–H and O–H groups in total. The molecule has 0 spiro atoms. The van der Waals surface area contributed by atoms with Gasteiger partial charge in [0.15, 0.2) is 0 Å². The second-order valence-electron chi connectivity index (χ2n) is 6.54. The van der Waals surface area contributed by atoms with E-state index in [9.17, 15) is 0 Å². The molecule has 3 heteroatoms. The van der Waals surface area contributed by atoms with Crippen LogP contribution in [0, 0.1) is 5.92 Å². The maximum absolute atomic E-state index is 4.31. The molecule has 0 unspecified atom stereocenters. The Morgan fingerprint density at radius 1 is 1.20 bits per heavy atom. The third-order valence-corrected chi connectivity index (χ3v) is 4.70. The molecule has 110 valence electrons. The predicted molar refractivity (Wildman–Crippen MR) is 83.9 cm³/mol. The maximum Gasteiger partial charge on any atom is 0.0440 e. The lowest BCUT2D eigenvalue weighted by molar-refractivity contribution is 0.362. The van der Waals surface area contributed by atoms with Crippen LogP contribution in [0.15, 0.2) is 18.5 Å².